The molecule has 3 aliphatic heterocycles. The fraction of sp³-hybridized carbons (Fsp3) is 0.600. The summed E-state index contributed by atoms with van der Waals surface area (Å²) in [6.45, 7) is 9.92. The minimum Gasteiger partial charge on any atom is -0.497 e. The SMILES string of the molecule is COc1cc2c(c(OC)c1)C(C)C=C1N(C2)C(=O)NC12CCN(CC(=O)OC(C)(C)C)CC2. The third-order valence-electron chi connectivity index (χ3n) is 6.70. The second kappa shape index (κ2) is 8.56. The Morgan fingerprint density at radius 1 is 1.18 bits per heavy atom. The lowest BCUT2D eigenvalue weighted by Crippen LogP contribution is -2.52. The quantitative estimate of drug-likeness (QED) is 0.698. The van der Waals surface area contributed by atoms with Crippen LogP contribution in [0.2, 0.25) is 0 Å². The van der Waals surface area contributed by atoms with Crippen molar-refractivity contribution in [1.29, 1.82) is 0 Å². The predicted molar refractivity (Wildman–Crippen MR) is 124 cm³/mol. The Morgan fingerprint density at radius 2 is 1.88 bits per heavy atom. The summed E-state index contributed by atoms with van der Waals surface area (Å²) >= 11 is 0. The number of ether oxygens (including phenoxy) is 3. The van der Waals surface area contributed by atoms with Gasteiger partial charge in [-0.3, -0.25) is 14.6 Å². The van der Waals surface area contributed by atoms with Crippen molar-refractivity contribution in [3.8, 4) is 11.5 Å². The van der Waals surface area contributed by atoms with E-state index in [-0.39, 0.29) is 24.5 Å². The van der Waals surface area contributed by atoms with Gasteiger partial charge < -0.3 is 19.5 Å². The maximum absolute atomic E-state index is 13.1. The van der Waals surface area contributed by atoms with Gasteiger partial charge in [0.05, 0.1) is 32.8 Å². The zero-order chi connectivity index (χ0) is 24.0. The van der Waals surface area contributed by atoms with E-state index >= 15 is 0 Å². The summed E-state index contributed by atoms with van der Waals surface area (Å²) < 4.78 is 16.6. The monoisotopic (exact) mass is 457 g/mol. The fourth-order valence-corrected chi connectivity index (χ4v) is 5.22. The molecule has 180 valence electrons. The molecule has 3 aliphatic rings. The summed E-state index contributed by atoms with van der Waals surface area (Å²) in [6, 6.07) is 3.81. The first-order valence-electron chi connectivity index (χ1n) is 11.6. The molecule has 2 fully saturated rings. The smallest absolute Gasteiger partial charge is 0.322 e. The van der Waals surface area contributed by atoms with Crippen LogP contribution in [0.15, 0.2) is 23.9 Å². The van der Waals surface area contributed by atoms with E-state index in [1.54, 1.807) is 14.2 Å². The number of fused-ring (bicyclic) bond motifs is 3. The molecule has 1 N–H and O–H groups in total. The highest BCUT2D eigenvalue weighted by atomic mass is 16.6. The highest BCUT2D eigenvalue weighted by molar-refractivity contribution is 5.83. The van der Waals surface area contributed by atoms with Crippen LogP contribution >= 0.6 is 0 Å². The standard InChI is InChI=1S/C25H35N3O5/c1-16-11-20-25(7-9-27(10-8-25)15-21(29)33-24(2,3)4)26-23(30)28(20)14-17-12-18(31-5)13-19(32-6)22(16)17/h11-13,16H,7-10,14-15H2,1-6H3,(H,26,30). The van der Waals surface area contributed by atoms with Gasteiger partial charge in [0.25, 0.3) is 0 Å². The number of amides is 2. The summed E-state index contributed by atoms with van der Waals surface area (Å²) in [5.41, 5.74) is 2.22. The van der Waals surface area contributed by atoms with Gasteiger partial charge in [-0.25, -0.2) is 4.79 Å². The number of carbonyl (C=O) groups excluding carboxylic acids is 2. The van der Waals surface area contributed by atoms with E-state index in [4.69, 9.17) is 14.2 Å². The molecule has 0 saturated carbocycles. The summed E-state index contributed by atoms with van der Waals surface area (Å²) in [4.78, 5) is 29.3. The number of rotatable bonds is 4. The van der Waals surface area contributed by atoms with Crippen molar-refractivity contribution in [2.75, 3.05) is 33.9 Å². The molecule has 33 heavy (non-hydrogen) atoms. The third-order valence-corrected chi connectivity index (χ3v) is 6.70. The molecule has 4 rings (SSSR count). The van der Waals surface area contributed by atoms with E-state index in [2.05, 4.69) is 23.2 Å². The lowest BCUT2D eigenvalue weighted by atomic mass is 9.83. The molecule has 1 atom stereocenters. The Labute approximate surface area is 195 Å². The average molecular weight is 458 g/mol. The number of likely N-dealkylation sites (tertiary alicyclic amines) is 1. The first kappa shape index (κ1) is 23.4. The van der Waals surface area contributed by atoms with Gasteiger partial charge in [0.1, 0.15) is 17.1 Å². The lowest BCUT2D eigenvalue weighted by molar-refractivity contribution is -0.156. The van der Waals surface area contributed by atoms with Gasteiger partial charge in [0, 0.05) is 36.3 Å². The number of urea groups is 1. The van der Waals surface area contributed by atoms with Crippen LogP contribution in [-0.2, 0) is 16.1 Å². The Morgan fingerprint density at radius 3 is 2.48 bits per heavy atom. The molecular formula is C25H35N3O5. The number of piperidine rings is 1. The molecule has 3 heterocycles. The third kappa shape index (κ3) is 4.53. The highest BCUT2D eigenvalue weighted by Gasteiger charge is 2.50. The minimum absolute atomic E-state index is 0.0743. The van der Waals surface area contributed by atoms with Crippen LogP contribution in [0.25, 0.3) is 0 Å². The van der Waals surface area contributed by atoms with E-state index in [9.17, 15) is 9.59 Å². The van der Waals surface area contributed by atoms with Crippen LogP contribution in [0.3, 0.4) is 0 Å². The Balaban J connectivity index is 1.56. The molecule has 1 unspecified atom stereocenters. The van der Waals surface area contributed by atoms with Gasteiger partial charge in [-0.1, -0.05) is 13.0 Å². The predicted octanol–water partition coefficient (Wildman–Crippen LogP) is 3.41. The van der Waals surface area contributed by atoms with Crippen molar-refractivity contribution in [1.82, 2.24) is 15.1 Å². The zero-order valence-electron chi connectivity index (χ0n) is 20.5. The maximum atomic E-state index is 13.1. The van der Waals surface area contributed by atoms with E-state index in [0.29, 0.717) is 25.4 Å². The van der Waals surface area contributed by atoms with Crippen LogP contribution in [0, 0.1) is 0 Å². The van der Waals surface area contributed by atoms with Gasteiger partial charge in [0.2, 0.25) is 0 Å². The van der Waals surface area contributed by atoms with E-state index in [0.717, 1.165) is 35.4 Å². The lowest BCUT2D eigenvalue weighted by Gasteiger charge is -2.39. The largest absolute Gasteiger partial charge is 0.497 e. The summed E-state index contributed by atoms with van der Waals surface area (Å²) in [7, 11) is 3.29. The molecule has 1 spiro atoms. The molecule has 8 heteroatoms. The first-order valence-corrected chi connectivity index (χ1v) is 11.6. The number of esters is 1. The Kier molecular flexibility index (Phi) is 6.07. The maximum Gasteiger partial charge on any atom is 0.322 e. The van der Waals surface area contributed by atoms with Gasteiger partial charge in [-0.15, -0.1) is 0 Å². The molecule has 1 aromatic carbocycles. The second-order valence-corrected chi connectivity index (χ2v) is 10.2. The fourth-order valence-electron chi connectivity index (χ4n) is 5.22. The molecule has 0 aromatic heterocycles. The van der Waals surface area contributed by atoms with Crippen LogP contribution < -0.4 is 14.8 Å². The summed E-state index contributed by atoms with van der Waals surface area (Å²) in [5.74, 6) is 1.35. The van der Waals surface area contributed by atoms with Crippen molar-refractivity contribution < 1.29 is 23.8 Å². The van der Waals surface area contributed by atoms with Crippen molar-refractivity contribution in [2.45, 2.75) is 64.1 Å². The van der Waals surface area contributed by atoms with Gasteiger partial charge >= 0.3 is 12.0 Å². The number of benzene rings is 1. The number of hydrogen-bond acceptors (Lipinski definition) is 6. The number of carbonyl (C=O) groups is 2. The zero-order valence-corrected chi connectivity index (χ0v) is 20.5. The van der Waals surface area contributed by atoms with Crippen LogP contribution in [-0.4, -0.2) is 66.8 Å². The number of hydrogen-bond donors (Lipinski definition) is 1. The van der Waals surface area contributed by atoms with Crippen LogP contribution in [0.4, 0.5) is 4.79 Å². The topological polar surface area (TPSA) is 80.3 Å². The molecule has 8 nitrogen and oxygen atoms in total. The van der Waals surface area contributed by atoms with Crippen molar-refractivity contribution in [3.05, 3.63) is 35.0 Å². The number of nitrogens with zero attached hydrogens (tertiary/aromatic N) is 2. The molecule has 1 aromatic rings. The van der Waals surface area contributed by atoms with E-state index in [1.165, 1.54) is 0 Å². The highest BCUT2D eigenvalue weighted by Crippen LogP contribution is 2.45. The van der Waals surface area contributed by atoms with Crippen LogP contribution in [0.1, 0.15) is 57.6 Å². The molecule has 0 radical (unpaired) electrons. The number of methoxy groups -OCH3 is 2. The minimum atomic E-state index is -0.492. The molecule has 2 saturated heterocycles. The Hall–Kier alpha value is -2.74. The van der Waals surface area contributed by atoms with Crippen molar-refractivity contribution >= 4 is 12.0 Å². The van der Waals surface area contributed by atoms with Crippen molar-refractivity contribution in [2.24, 2.45) is 0 Å². The van der Waals surface area contributed by atoms with E-state index in [1.807, 2.05) is 37.8 Å². The van der Waals surface area contributed by atoms with Gasteiger partial charge in [0.15, 0.2) is 0 Å². The summed E-state index contributed by atoms with van der Waals surface area (Å²) in [5, 5.41) is 3.27. The molecule has 0 aliphatic carbocycles. The number of nitrogens with one attached hydrogen (secondary N) is 1. The second-order valence-electron chi connectivity index (χ2n) is 10.2. The van der Waals surface area contributed by atoms with Gasteiger partial charge in [-0.05, 0) is 45.2 Å². The van der Waals surface area contributed by atoms with E-state index < -0.39 is 11.1 Å². The Bertz CT molecular complexity index is 973. The molecule has 0 bridgehead atoms. The van der Waals surface area contributed by atoms with Crippen LogP contribution in [0.5, 0.6) is 11.5 Å². The van der Waals surface area contributed by atoms with Gasteiger partial charge in [-0.2, -0.15) is 0 Å². The number of allylic oxidation sites excluding steroid dienone is 1. The van der Waals surface area contributed by atoms with Crippen molar-refractivity contribution in [3.63, 3.8) is 0 Å². The summed E-state index contributed by atoms with van der Waals surface area (Å²) in [6.07, 6.45) is 3.68. The average Bonchev–Trinajstić information content (AvgIpc) is 2.88. The molecular weight excluding hydrogens is 422 g/mol. The normalized spacial score (nSPS) is 22.1. The first-order chi connectivity index (χ1) is 15.5. The molecule has 2 amide bonds.